The molecule has 7 heteroatoms. The quantitative estimate of drug-likeness (QED) is 0.722. The van der Waals surface area contributed by atoms with Gasteiger partial charge in [-0.05, 0) is 34.4 Å². The Morgan fingerprint density at radius 2 is 2.25 bits per heavy atom. The van der Waals surface area contributed by atoms with E-state index >= 15 is 0 Å². The number of hydrogen-bond donors (Lipinski definition) is 0. The number of carbonyl (C=O) groups excluding carboxylic acids is 1. The van der Waals surface area contributed by atoms with Gasteiger partial charge in [0, 0.05) is 25.5 Å². The normalized spacial score (nSPS) is 14.0. The number of rotatable bonds is 3. The average molecular weight is 358 g/mol. The lowest BCUT2D eigenvalue weighted by Crippen LogP contribution is -2.36. The van der Waals surface area contributed by atoms with Gasteiger partial charge in [-0.25, -0.2) is 9.97 Å². The Kier molecular flexibility index (Phi) is 3.97. The smallest absolute Gasteiger partial charge is 0.227 e. The van der Waals surface area contributed by atoms with E-state index in [-0.39, 0.29) is 5.91 Å². The molecule has 1 amide bonds. The van der Waals surface area contributed by atoms with Crippen molar-refractivity contribution in [1.82, 2.24) is 14.9 Å². The maximum absolute atomic E-state index is 12.6. The predicted octanol–water partition coefficient (Wildman–Crippen LogP) is 2.95. The number of amides is 1. The van der Waals surface area contributed by atoms with Crippen molar-refractivity contribution in [3.8, 4) is 0 Å². The van der Waals surface area contributed by atoms with Crippen molar-refractivity contribution in [1.29, 1.82) is 0 Å². The predicted molar refractivity (Wildman–Crippen MR) is 98.9 cm³/mol. The summed E-state index contributed by atoms with van der Waals surface area (Å²) in [5.41, 5.74) is 2.42. The first-order valence-electron chi connectivity index (χ1n) is 7.85. The third kappa shape index (κ3) is 2.67. The van der Waals surface area contributed by atoms with Gasteiger partial charge in [-0.1, -0.05) is 0 Å². The highest BCUT2D eigenvalue weighted by molar-refractivity contribution is 7.19. The van der Waals surface area contributed by atoms with Gasteiger partial charge in [-0.2, -0.15) is 11.3 Å². The van der Waals surface area contributed by atoms with E-state index in [9.17, 15) is 4.79 Å². The first-order chi connectivity index (χ1) is 11.6. The Morgan fingerprint density at radius 3 is 3.00 bits per heavy atom. The molecule has 0 N–H and O–H groups in total. The number of hydrogen-bond acceptors (Lipinski definition) is 6. The Morgan fingerprint density at radius 1 is 1.38 bits per heavy atom. The third-order valence-corrected chi connectivity index (χ3v) is 6.19. The molecule has 0 aliphatic carbocycles. The Bertz CT molecular complexity index is 886. The molecule has 1 aliphatic rings. The summed E-state index contributed by atoms with van der Waals surface area (Å²) in [6, 6.07) is 2.02. The lowest BCUT2D eigenvalue weighted by Gasteiger charge is -2.27. The van der Waals surface area contributed by atoms with Gasteiger partial charge < -0.3 is 9.80 Å². The second-order valence-electron chi connectivity index (χ2n) is 6.15. The van der Waals surface area contributed by atoms with E-state index in [4.69, 9.17) is 0 Å². The Labute approximate surface area is 148 Å². The number of thiophene rings is 2. The fraction of sp³-hybridized carbons (Fsp3) is 0.353. The molecule has 3 aromatic rings. The molecular formula is C17H18N4OS2. The van der Waals surface area contributed by atoms with Crippen LogP contribution in [-0.4, -0.2) is 41.4 Å². The van der Waals surface area contributed by atoms with Crippen LogP contribution < -0.4 is 4.90 Å². The molecule has 4 heterocycles. The van der Waals surface area contributed by atoms with Gasteiger partial charge in [0.05, 0.1) is 18.4 Å². The van der Waals surface area contributed by atoms with E-state index in [1.165, 1.54) is 10.4 Å². The van der Waals surface area contributed by atoms with Gasteiger partial charge >= 0.3 is 0 Å². The monoisotopic (exact) mass is 358 g/mol. The first kappa shape index (κ1) is 15.5. The van der Waals surface area contributed by atoms with Crippen molar-refractivity contribution in [3.63, 3.8) is 0 Å². The van der Waals surface area contributed by atoms with Crippen LogP contribution in [0.3, 0.4) is 0 Å². The van der Waals surface area contributed by atoms with Crippen LogP contribution in [0.4, 0.5) is 5.82 Å². The summed E-state index contributed by atoms with van der Waals surface area (Å²) in [6.45, 7) is 1.45. The summed E-state index contributed by atoms with van der Waals surface area (Å²) in [6.07, 6.45) is 2.99. The maximum Gasteiger partial charge on any atom is 0.227 e. The van der Waals surface area contributed by atoms with Crippen LogP contribution in [0.5, 0.6) is 0 Å². The van der Waals surface area contributed by atoms with Crippen LogP contribution in [0.2, 0.25) is 0 Å². The second kappa shape index (κ2) is 6.14. The molecule has 0 saturated carbocycles. The van der Waals surface area contributed by atoms with Crippen LogP contribution in [0.25, 0.3) is 10.2 Å². The fourth-order valence-corrected chi connectivity index (χ4v) is 5.01. The van der Waals surface area contributed by atoms with Gasteiger partial charge in [0.2, 0.25) is 5.91 Å². The SMILES string of the molecule is CN(C)c1ncnc2sc3c(c12)CCN(C(=O)Cc1ccsc1)C3. The molecule has 24 heavy (non-hydrogen) atoms. The fourth-order valence-electron chi connectivity index (χ4n) is 3.14. The number of fused-ring (bicyclic) bond motifs is 3. The first-order valence-corrected chi connectivity index (χ1v) is 9.61. The zero-order chi connectivity index (χ0) is 16.7. The molecule has 0 unspecified atom stereocenters. The highest BCUT2D eigenvalue weighted by Gasteiger charge is 2.26. The van der Waals surface area contributed by atoms with Crippen LogP contribution in [0, 0.1) is 0 Å². The molecule has 3 aromatic heterocycles. The molecule has 1 aliphatic heterocycles. The van der Waals surface area contributed by atoms with Gasteiger partial charge in [-0.15, -0.1) is 11.3 Å². The molecule has 0 radical (unpaired) electrons. The third-order valence-electron chi connectivity index (χ3n) is 4.33. The molecule has 0 spiro atoms. The van der Waals surface area contributed by atoms with Crippen LogP contribution in [-0.2, 0) is 24.2 Å². The molecule has 0 aromatic carbocycles. The summed E-state index contributed by atoms with van der Waals surface area (Å²) in [5.74, 6) is 1.17. The Hall–Kier alpha value is -1.99. The van der Waals surface area contributed by atoms with Crippen molar-refractivity contribution in [2.45, 2.75) is 19.4 Å². The lowest BCUT2D eigenvalue weighted by atomic mass is 10.0. The number of carbonyl (C=O) groups is 1. The Balaban J connectivity index is 1.63. The number of anilines is 1. The molecule has 0 saturated heterocycles. The van der Waals surface area contributed by atoms with E-state index in [1.54, 1.807) is 29.0 Å². The van der Waals surface area contributed by atoms with E-state index in [1.807, 2.05) is 40.7 Å². The highest BCUT2D eigenvalue weighted by atomic mass is 32.1. The van der Waals surface area contributed by atoms with Gasteiger partial charge in [0.25, 0.3) is 0 Å². The standard InChI is InChI=1S/C17H18N4OS2/c1-20(2)16-15-12-3-5-21(14(22)7-11-4-6-23-9-11)8-13(12)24-17(15)19-10-18-16/h4,6,9-10H,3,5,7-8H2,1-2H3. The van der Waals surface area contributed by atoms with E-state index in [0.717, 1.165) is 34.6 Å². The van der Waals surface area contributed by atoms with Crippen LogP contribution in [0.1, 0.15) is 16.0 Å². The van der Waals surface area contributed by atoms with Crippen LogP contribution >= 0.6 is 22.7 Å². The van der Waals surface area contributed by atoms with Gasteiger partial charge in [0.15, 0.2) is 0 Å². The zero-order valence-corrected chi connectivity index (χ0v) is 15.3. The minimum absolute atomic E-state index is 0.204. The molecule has 5 nitrogen and oxygen atoms in total. The van der Waals surface area contributed by atoms with Gasteiger partial charge in [0.1, 0.15) is 17.0 Å². The van der Waals surface area contributed by atoms with Crippen molar-refractivity contribution >= 4 is 44.6 Å². The molecule has 124 valence electrons. The minimum Gasteiger partial charge on any atom is -0.362 e. The second-order valence-corrected chi connectivity index (χ2v) is 8.01. The molecule has 0 bridgehead atoms. The number of aromatic nitrogens is 2. The van der Waals surface area contributed by atoms with Crippen molar-refractivity contribution in [2.24, 2.45) is 0 Å². The molecule has 4 rings (SSSR count). The van der Waals surface area contributed by atoms with Crippen molar-refractivity contribution in [3.05, 3.63) is 39.2 Å². The van der Waals surface area contributed by atoms with Crippen molar-refractivity contribution in [2.75, 3.05) is 25.5 Å². The van der Waals surface area contributed by atoms with Crippen molar-refractivity contribution < 1.29 is 4.79 Å². The topological polar surface area (TPSA) is 49.3 Å². The van der Waals surface area contributed by atoms with E-state index in [2.05, 4.69) is 9.97 Å². The minimum atomic E-state index is 0.204. The average Bonchev–Trinajstić information content (AvgIpc) is 3.20. The molecular weight excluding hydrogens is 340 g/mol. The largest absolute Gasteiger partial charge is 0.362 e. The number of nitrogens with zero attached hydrogens (tertiary/aromatic N) is 4. The summed E-state index contributed by atoms with van der Waals surface area (Å²) >= 11 is 3.33. The highest BCUT2D eigenvalue weighted by Crippen LogP contribution is 2.37. The van der Waals surface area contributed by atoms with E-state index in [0.29, 0.717) is 13.0 Å². The summed E-state index contributed by atoms with van der Waals surface area (Å²) < 4.78 is 0. The lowest BCUT2D eigenvalue weighted by molar-refractivity contribution is -0.131. The van der Waals surface area contributed by atoms with E-state index < -0.39 is 0 Å². The maximum atomic E-state index is 12.6. The summed E-state index contributed by atoms with van der Waals surface area (Å²) in [5, 5.41) is 5.23. The van der Waals surface area contributed by atoms with Crippen LogP contribution in [0.15, 0.2) is 23.2 Å². The summed E-state index contributed by atoms with van der Waals surface area (Å²) in [7, 11) is 4.01. The zero-order valence-electron chi connectivity index (χ0n) is 13.7. The molecule has 0 fully saturated rings. The van der Waals surface area contributed by atoms with Gasteiger partial charge in [-0.3, -0.25) is 4.79 Å². The summed E-state index contributed by atoms with van der Waals surface area (Å²) in [4.78, 5) is 27.7. The molecule has 0 atom stereocenters.